The van der Waals surface area contributed by atoms with Crippen LogP contribution in [0.2, 0.25) is 0 Å². The minimum atomic E-state index is 0.490. The minimum Gasteiger partial charge on any atom is -0.491 e. The highest BCUT2D eigenvalue weighted by Crippen LogP contribution is 2.31. The summed E-state index contributed by atoms with van der Waals surface area (Å²) >= 11 is 3.43. The van der Waals surface area contributed by atoms with Crippen molar-refractivity contribution in [3.05, 3.63) is 22.4 Å². The maximum absolute atomic E-state index is 9.23. The van der Waals surface area contributed by atoms with E-state index in [0.29, 0.717) is 23.4 Å². The number of fused-ring (bicyclic) bond motifs is 1. The number of nitrogens with one attached hydrogen (secondary N) is 1. The van der Waals surface area contributed by atoms with Crippen LogP contribution in [0.15, 0.2) is 16.9 Å². The van der Waals surface area contributed by atoms with Gasteiger partial charge in [-0.3, -0.25) is 0 Å². The minimum absolute atomic E-state index is 0.490. The molecule has 18 heavy (non-hydrogen) atoms. The molecule has 2 aromatic rings. The Morgan fingerprint density at radius 3 is 3.00 bits per heavy atom. The zero-order valence-electron chi connectivity index (χ0n) is 10.2. The maximum atomic E-state index is 9.23. The highest BCUT2D eigenvalue weighted by atomic mass is 79.9. The molecule has 1 aromatic heterocycles. The van der Waals surface area contributed by atoms with Gasteiger partial charge >= 0.3 is 0 Å². The van der Waals surface area contributed by atoms with Gasteiger partial charge in [-0.05, 0) is 36.1 Å². The molecule has 1 heterocycles. The van der Waals surface area contributed by atoms with E-state index in [0.717, 1.165) is 16.5 Å². The van der Waals surface area contributed by atoms with Crippen molar-refractivity contribution in [2.24, 2.45) is 0 Å². The number of benzene rings is 1. The van der Waals surface area contributed by atoms with Crippen molar-refractivity contribution in [3.63, 3.8) is 0 Å². The first-order chi connectivity index (χ1) is 8.63. The van der Waals surface area contributed by atoms with Crippen molar-refractivity contribution in [2.75, 3.05) is 27.2 Å². The Balaban J connectivity index is 2.35. The third-order valence-corrected chi connectivity index (χ3v) is 3.13. The molecule has 5 nitrogen and oxygen atoms in total. The van der Waals surface area contributed by atoms with E-state index in [1.807, 2.05) is 19.0 Å². The number of aromatic amines is 1. The normalized spacial score (nSPS) is 10.8. The van der Waals surface area contributed by atoms with Crippen molar-refractivity contribution >= 4 is 27.0 Å². The summed E-state index contributed by atoms with van der Waals surface area (Å²) in [6.07, 6.45) is 1.57. The summed E-state index contributed by atoms with van der Waals surface area (Å²) in [5.74, 6) is 0.572. The number of hydrogen-bond acceptors (Lipinski definition) is 4. The molecule has 0 unspecified atom stereocenters. The second-order valence-corrected chi connectivity index (χ2v) is 4.98. The summed E-state index contributed by atoms with van der Waals surface area (Å²) in [6.45, 7) is 1.33. The van der Waals surface area contributed by atoms with Crippen molar-refractivity contribution in [2.45, 2.75) is 0 Å². The molecule has 2 rings (SSSR count). The summed E-state index contributed by atoms with van der Waals surface area (Å²) in [5.41, 5.74) is 1.93. The number of nitrogens with zero attached hydrogens (tertiary/aromatic N) is 3. The van der Waals surface area contributed by atoms with Gasteiger partial charge in [0.2, 0.25) is 0 Å². The Labute approximate surface area is 114 Å². The Morgan fingerprint density at radius 2 is 2.33 bits per heavy atom. The van der Waals surface area contributed by atoms with Crippen LogP contribution in [0.3, 0.4) is 0 Å². The number of aromatic nitrogens is 2. The fraction of sp³-hybridized carbons (Fsp3) is 0.333. The van der Waals surface area contributed by atoms with Crippen molar-refractivity contribution in [1.82, 2.24) is 14.9 Å². The number of hydrogen-bond donors (Lipinski definition) is 1. The molecule has 0 saturated carbocycles. The number of rotatable bonds is 4. The Kier molecular flexibility index (Phi) is 3.84. The van der Waals surface area contributed by atoms with Crippen LogP contribution in [0, 0.1) is 11.3 Å². The van der Waals surface area contributed by atoms with Gasteiger partial charge in [0.05, 0.1) is 11.8 Å². The van der Waals surface area contributed by atoms with Crippen LogP contribution in [0.5, 0.6) is 5.75 Å². The van der Waals surface area contributed by atoms with Crippen molar-refractivity contribution < 1.29 is 4.74 Å². The monoisotopic (exact) mass is 308 g/mol. The number of imidazole rings is 1. The SMILES string of the molecule is CN(C)CCOc1cc(Br)c2nc[nH]c2c1C#N. The van der Waals surface area contributed by atoms with Crippen LogP contribution in [0.1, 0.15) is 5.56 Å². The second-order valence-electron chi connectivity index (χ2n) is 4.12. The molecule has 0 spiro atoms. The van der Waals surface area contributed by atoms with Crippen molar-refractivity contribution in [3.8, 4) is 11.8 Å². The van der Waals surface area contributed by atoms with Gasteiger partial charge in [0.25, 0.3) is 0 Å². The zero-order valence-corrected chi connectivity index (χ0v) is 11.8. The van der Waals surface area contributed by atoms with Crippen LogP contribution >= 0.6 is 15.9 Å². The van der Waals surface area contributed by atoms with E-state index in [9.17, 15) is 5.26 Å². The van der Waals surface area contributed by atoms with E-state index in [2.05, 4.69) is 32.0 Å². The lowest BCUT2D eigenvalue weighted by molar-refractivity contribution is 0.261. The van der Waals surface area contributed by atoms with E-state index in [-0.39, 0.29) is 0 Å². The third kappa shape index (κ3) is 2.47. The topological polar surface area (TPSA) is 64.9 Å². The second kappa shape index (κ2) is 5.38. The largest absolute Gasteiger partial charge is 0.491 e. The van der Waals surface area contributed by atoms with Crippen LogP contribution in [-0.4, -0.2) is 42.1 Å². The fourth-order valence-electron chi connectivity index (χ4n) is 1.61. The van der Waals surface area contributed by atoms with Gasteiger partial charge in [-0.1, -0.05) is 0 Å². The fourth-order valence-corrected chi connectivity index (χ4v) is 2.12. The quantitative estimate of drug-likeness (QED) is 0.940. The molecule has 1 aromatic carbocycles. The standard InChI is InChI=1S/C12H13BrN4O/c1-17(2)3-4-18-10-5-9(13)12-11(8(10)6-14)15-7-16-12/h5,7H,3-4H2,1-2H3,(H,15,16). The summed E-state index contributed by atoms with van der Waals surface area (Å²) in [5, 5.41) is 9.23. The van der Waals surface area contributed by atoms with Gasteiger partial charge in [0.1, 0.15) is 29.5 Å². The summed E-state index contributed by atoms with van der Waals surface area (Å²) < 4.78 is 6.47. The van der Waals surface area contributed by atoms with Crippen molar-refractivity contribution in [1.29, 1.82) is 5.26 Å². The number of likely N-dealkylation sites (N-methyl/N-ethyl adjacent to an activating group) is 1. The van der Waals surface area contributed by atoms with Gasteiger partial charge < -0.3 is 14.6 Å². The molecular formula is C12H13BrN4O. The third-order valence-electron chi connectivity index (χ3n) is 2.53. The summed E-state index contributed by atoms with van der Waals surface area (Å²) in [4.78, 5) is 9.15. The molecule has 0 aliphatic heterocycles. The van der Waals surface area contributed by atoms with E-state index >= 15 is 0 Å². The molecule has 0 saturated heterocycles. The lowest BCUT2D eigenvalue weighted by Crippen LogP contribution is -2.19. The van der Waals surface area contributed by atoms with Crippen LogP contribution in [0.25, 0.3) is 11.0 Å². The average molecular weight is 309 g/mol. The smallest absolute Gasteiger partial charge is 0.140 e. The first kappa shape index (κ1) is 12.9. The highest BCUT2D eigenvalue weighted by molar-refractivity contribution is 9.10. The summed E-state index contributed by atoms with van der Waals surface area (Å²) in [7, 11) is 3.95. The van der Waals surface area contributed by atoms with Gasteiger partial charge in [-0.2, -0.15) is 5.26 Å². The predicted molar refractivity (Wildman–Crippen MR) is 72.6 cm³/mol. The molecule has 0 radical (unpaired) electrons. The first-order valence-corrected chi connectivity index (χ1v) is 6.26. The van der Waals surface area contributed by atoms with E-state index in [4.69, 9.17) is 4.74 Å². The molecule has 0 amide bonds. The number of halogens is 1. The molecule has 0 aliphatic carbocycles. The number of ether oxygens (including phenoxy) is 1. The molecule has 0 bridgehead atoms. The van der Waals surface area contributed by atoms with Crippen LogP contribution < -0.4 is 4.74 Å². The van der Waals surface area contributed by atoms with Crippen LogP contribution in [-0.2, 0) is 0 Å². The number of nitriles is 1. The Bertz CT molecular complexity index is 600. The van der Waals surface area contributed by atoms with E-state index in [1.54, 1.807) is 12.4 Å². The van der Waals surface area contributed by atoms with E-state index in [1.165, 1.54) is 0 Å². The van der Waals surface area contributed by atoms with Crippen LogP contribution in [0.4, 0.5) is 0 Å². The first-order valence-electron chi connectivity index (χ1n) is 5.46. The molecule has 0 fully saturated rings. The Morgan fingerprint density at radius 1 is 1.56 bits per heavy atom. The molecule has 0 atom stereocenters. The molecular weight excluding hydrogens is 296 g/mol. The molecule has 6 heteroatoms. The maximum Gasteiger partial charge on any atom is 0.140 e. The van der Waals surface area contributed by atoms with E-state index < -0.39 is 0 Å². The average Bonchev–Trinajstić information content (AvgIpc) is 2.78. The predicted octanol–water partition coefficient (Wildman–Crippen LogP) is 2.14. The van der Waals surface area contributed by atoms with Gasteiger partial charge in [-0.15, -0.1) is 0 Å². The lowest BCUT2D eigenvalue weighted by Gasteiger charge is -2.12. The molecule has 0 aliphatic rings. The molecule has 1 N–H and O–H groups in total. The lowest BCUT2D eigenvalue weighted by atomic mass is 10.2. The van der Waals surface area contributed by atoms with Gasteiger partial charge in [-0.25, -0.2) is 4.98 Å². The zero-order chi connectivity index (χ0) is 13.1. The highest BCUT2D eigenvalue weighted by Gasteiger charge is 2.14. The Hall–Kier alpha value is -1.58. The van der Waals surface area contributed by atoms with Gasteiger partial charge in [0.15, 0.2) is 0 Å². The van der Waals surface area contributed by atoms with Gasteiger partial charge in [0, 0.05) is 11.0 Å². The molecule has 94 valence electrons. The number of H-pyrrole nitrogens is 1. The summed E-state index contributed by atoms with van der Waals surface area (Å²) in [6, 6.07) is 3.95.